The van der Waals surface area contributed by atoms with Crippen molar-refractivity contribution in [3.63, 3.8) is 0 Å². The van der Waals surface area contributed by atoms with Crippen molar-refractivity contribution >= 4 is 5.97 Å². The van der Waals surface area contributed by atoms with Crippen molar-refractivity contribution in [3.8, 4) is 0 Å². The summed E-state index contributed by atoms with van der Waals surface area (Å²) in [5.41, 5.74) is 0. The fraction of sp³-hybridized carbons (Fsp3) is 0.909. The van der Waals surface area contributed by atoms with Gasteiger partial charge in [-0.3, -0.25) is 9.69 Å². The van der Waals surface area contributed by atoms with Crippen LogP contribution < -0.4 is 5.32 Å². The Balaban J connectivity index is 4.21. The molecular weight excluding hydrogens is 249 g/mol. The number of alkyl halides is 3. The minimum absolute atomic E-state index is 0.0574. The standard InChI is InChI=1S/C11H21F3N2O2/c1-8(2)15-9(10(17)18-4)5-6-16(3)7-11(12,13)14/h8-9,15H,5-7H2,1-4H3. The highest BCUT2D eigenvalue weighted by molar-refractivity contribution is 5.75. The molecule has 0 aliphatic rings. The van der Waals surface area contributed by atoms with E-state index >= 15 is 0 Å². The number of nitrogens with zero attached hydrogens (tertiary/aromatic N) is 1. The Morgan fingerprint density at radius 1 is 1.39 bits per heavy atom. The molecule has 0 aliphatic carbocycles. The molecule has 0 saturated carbocycles. The van der Waals surface area contributed by atoms with Crippen LogP contribution in [0.1, 0.15) is 20.3 Å². The molecule has 0 heterocycles. The van der Waals surface area contributed by atoms with Crippen LogP contribution in [0.25, 0.3) is 0 Å². The van der Waals surface area contributed by atoms with Gasteiger partial charge in [-0.1, -0.05) is 13.8 Å². The van der Waals surface area contributed by atoms with E-state index in [2.05, 4.69) is 10.1 Å². The first-order valence-electron chi connectivity index (χ1n) is 5.75. The summed E-state index contributed by atoms with van der Waals surface area (Å²) in [6.07, 6.45) is -3.95. The SMILES string of the molecule is COC(=O)C(CCN(C)CC(F)(F)F)NC(C)C. The van der Waals surface area contributed by atoms with Gasteiger partial charge in [0.05, 0.1) is 13.7 Å². The first-order chi connectivity index (χ1) is 8.15. The fourth-order valence-electron chi connectivity index (χ4n) is 1.55. The fourth-order valence-corrected chi connectivity index (χ4v) is 1.55. The van der Waals surface area contributed by atoms with Crippen LogP contribution in [0.4, 0.5) is 13.2 Å². The van der Waals surface area contributed by atoms with E-state index in [1.807, 2.05) is 13.8 Å². The Morgan fingerprint density at radius 3 is 2.33 bits per heavy atom. The molecule has 0 aromatic heterocycles. The van der Waals surface area contributed by atoms with Crippen molar-refractivity contribution in [2.75, 3.05) is 27.2 Å². The number of methoxy groups -OCH3 is 1. The second-order valence-electron chi connectivity index (χ2n) is 4.54. The van der Waals surface area contributed by atoms with E-state index in [1.54, 1.807) is 0 Å². The average molecular weight is 270 g/mol. The van der Waals surface area contributed by atoms with Gasteiger partial charge >= 0.3 is 12.1 Å². The predicted molar refractivity (Wildman–Crippen MR) is 62.2 cm³/mol. The maximum atomic E-state index is 12.1. The molecule has 0 aliphatic heterocycles. The molecule has 1 N–H and O–H groups in total. The Kier molecular flexibility index (Phi) is 7.23. The molecule has 1 unspecified atom stereocenters. The number of rotatable bonds is 7. The first kappa shape index (κ1) is 17.2. The number of hydrogen-bond acceptors (Lipinski definition) is 4. The zero-order valence-electron chi connectivity index (χ0n) is 11.2. The summed E-state index contributed by atoms with van der Waals surface area (Å²) in [5.74, 6) is -0.455. The summed E-state index contributed by atoms with van der Waals surface area (Å²) < 4.78 is 41.0. The Labute approximate surface area is 105 Å². The molecule has 0 amide bonds. The number of carbonyl (C=O) groups excluding carboxylic acids is 1. The van der Waals surface area contributed by atoms with Gasteiger partial charge in [0.2, 0.25) is 0 Å². The van der Waals surface area contributed by atoms with Crippen LogP contribution in [0, 0.1) is 0 Å². The van der Waals surface area contributed by atoms with Gasteiger partial charge in [-0.25, -0.2) is 0 Å². The van der Waals surface area contributed by atoms with Crippen LogP contribution in [-0.4, -0.2) is 56.4 Å². The Morgan fingerprint density at radius 2 is 1.94 bits per heavy atom. The monoisotopic (exact) mass is 270 g/mol. The molecule has 0 aromatic rings. The van der Waals surface area contributed by atoms with Gasteiger partial charge in [-0.2, -0.15) is 13.2 Å². The van der Waals surface area contributed by atoms with Crippen LogP contribution in [0.15, 0.2) is 0 Å². The van der Waals surface area contributed by atoms with E-state index in [1.165, 1.54) is 14.2 Å². The number of esters is 1. The summed E-state index contributed by atoms with van der Waals surface area (Å²) in [4.78, 5) is 12.6. The Bertz CT molecular complexity index is 257. The van der Waals surface area contributed by atoms with E-state index in [0.717, 1.165) is 4.90 Å². The Hall–Kier alpha value is -0.820. The topological polar surface area (TPSA) is 41.6 Å². The maximum Gasteiger partial charge on any atom is 0.401 e. The molecule has 0 saturated heterocycles. The van der Waals surface area contributed by atoms with Gasteiger partial charge in [0, 0.05) is 12.6 Å². The lowest BCUT2D eigenvalue weighted by Gasteiger charge is -2.23. The third-order valence-corrected chi connectivity index (χ3v) is 2.27. The second kappa shape index (κ2) is 7.58. The molecule has 0 bridgehead atoms. The number of hydrogen-bond donors (Lipinski definition) is 1. The van der Waals surface area contributed by atoms with E-state index in [4.69, 9.17) is 0 Å². The summed E-state index contributed by atoms with van der Waals surface area (Å²) in [7, 11) is 2.63. The van der Waals surface area contributed by atoms with Gasteiger partial charge < -0.3 is 10.1 Å². The van der Waals surface area contributed by atoms with Crippen LogP contribution >= 0.6 is 0 Å². The lowest BCUT2D eigenvalue weighted by atomic mass is 10.1. The van der Waals surface area contributed by atoms with Crippen molar-refractivity contribution in [2.24, 2.45) is 0 Å². The predicted octanol–water partition coefficient (Wildman–Crippen LogP) is 1.41. The molecule has 4 nitrogen and oxygen atoms in total. The number of ether oxygens (including phenoxy) is 1. The van der Waals surface area contributed by atoms with Gasteiger partial charge in [0.1, 0.15) is 6.04 Å². The molecule has 0 spiro atoms. The lowest BCUT2D eigenvalue weighted by molar-refractivity contribution is -0.145. The van der Waals surface area contributed by atoms with Gasteiger partial charge in [-0.15, -0.1) is 0 Å². The highest BCUT2D eigenvalue weighted by Crippen LogP contribution is 2.15. The number of nitrogens with one attached hydrogen (secondary N) is 1. The minimum atomic E-state index is -4.22. The first-order valence-corrected chi connectivity index (χ1v) is 5.75. The van der Waals surface area contributed by atoms with Gasteiger partial charge in [0.25, 0.3) is 0 Å². The second-order valence-corrected chi connectivity index (χ2v) is 4.54. The highest BCUT2D eigenvalue weighted by Gasteiger charge is 2.29. The van der Waals surface area contributed by atoms with Crippen LogP contribution in [0.2, 0.25) is 0 Å². The summed E-state index contributed by atoms with van der Waals surface area (Å²) in [6.45, 7) is 2.90. The molecule has 0 rings (SSSR count). The normalized spacial score (nSPS) is 14.1. The molecule has 7 heteroatoms. The summed E-state index contributed by atoms with van der Waals surface area (Å²) in [6, 6.07) is -0.521. The zero-order valence-corrected chi connectivity index (χ0v) is 11.2. The van der Waals surface area contributed by atoms with Crippen LogP contribution in [-0.2, 0) is 9.53 Å². The summed E-state index contributed by atoms with van der Waals surface area (Å²) >= 11 is 0. The van der Waals surface area contributed by atoms with Crippen LogP contribution in [0.5, 0.6) is 0 Å². The van der Waals surface area contributed by atoms with Crippen molar-refractivity contribution in [2.45, 2.75) is 38.5 Å². The molecule has 0 aromatic carbocycles. The molecule has 0 fully saturated rings. The third-order valence-electron chi connectivity index (χ3n) is 2.27. The number of carbonyl (C=O) groups is 1. The van der Waals surface area contributed by atoms with Crippen molar-refractivity contribution < 1.29 is 22.7 Å². The van der Waals surface area contributed by atoms with E-state index in [0.29, 0.717) is 0 Å². The van der Waals surface area contributed by atoms with Crippen molar-refractivity contribution in [1.82, 2.24) is 10.2 Å². The molecular formula is C11H21F3N2O2. The number of halogens is 3. The molecule has 1 atom stereocenters. The van der Waals surface area contributed by atoms with E-state index in [-0.39, 0.29) is 19.0 Å². The summed E-state index contributed by atoms with van der Waals surface area (Å²) in [5, 5.41) is 2.97. The minimum Gasteiger partial charge on any atom is -0.468 e. The largest absolute Gasteiger partial charge is 0.468 e. The molecule has 108 valence electrons. The van der Waals surface area contributed by atoms with Crippen molar-refractivity contribution in [1.29, 1.82) is 0 Å². The molecule has 18 heavy (non-hydrogen) atoms. The van der Waals surface area contributed by atoms with E-state index in [9.17, 15) is 18.0 Å². The van der Waals surface area contributed by atoms with Crippen LogP contribution in [0.3, 0.4) is 0 Å². The van der Waals surface area contributed by atoms with Crippen molar-refractivity contribution in [3.05, 3.63) is 0 Å². The van der Waals surface area contributed by atoms with Gasteiger partial charge in [0.15, 0.2) is 0 Å². The highest BCUT2D eigenvalue weighted by atomic mass is 19.4. The average Bonchev–Trinajstić information content (AvgIpc) is 2.20. The third kappa shape index (κ3) is 8.30. The maximum absolute atomic E-state index is 12.1. The van der Waals surface area contributed by atoms with Gasteiger partial charge in [-0.05, 0) is 13.5 Å². The quantitative estimate of drug-likeness (QED) is 0.710. The lowest BCUT2D eigenvalue weighted by Crippen LogP contribution is -2.44. The van der Waals surface area contributed by atoms with E-state index < -0.39 is 24.7 Å². The smallest absolute Gasteiger partial charge is 0.401 e. The zero-order chi connectivity index (χ0) is 14.3. The molecule has 0 radical (unpaired) electrons.